The van der Waals surface area contributed by atoms with Crippen LogP contribution in [-0.4, -0.2) is 109 Å². The molecule has 292 valence electrons. The fraction of sp³-hybridized carbons (Fsp3) is 0.378. The van der Waals surface area contributed by atoms with E-state index in [-0.39, 0.29) is 29.0 Å². The molecule has 1 fully saturated rings. The summed E-state index contributed by atoms with van der Waals surface area (Å²) < 4.78 is 65.4. The molecule has 0 spiro atoms. The van der Waals surface area contributed by atoms with Gasteiger partial charge in [0.05, 0.1) is 29.8 Å². The summed E-state index contributed by atoms with van der Waals surface area (Å²) in [6.07, 6.45) is -3.10. The number of benzene rings is 2. The normalized spacial score (nSPS) is 17.0. The molecular formula is C37H38F3N10O6+. The van der Waals surface area contributed by atoms with E-state index in [0.29, 0.717) is 97.5 Å². The summed E-state index contributed by atoms with van der Waals surface area (Å²) in [5, 5.41) is 24.8. The zero-order chi connectivity index (χ0) is 39.1. The Hall–Kier alpha value is -6.08. The van der Waals surface area contributed by atoms with Crippen LogP contribution in [0.2, 0.25) is 0 Å². The minimum Gasteiger partial charge on any atom is -0.491 e. The molecule has 2 N–H and O–H groups in total. The van der Waals surface area contributed by atoms with E-state index >= 15 is 0 Å². The smallest absolute Gasteiger partial charge is 0.491 e. The number of fused-ring (bicyclic) bond motifs is 2. The Bertz CT molecular complexity index is 2580. The van der Waals surface area contributed by atoms with Crippen molar-refractivity contribution in [1.29, 1.82) is 0 Å². The molecule has 6 aromatic rings. The van der Waals surface area contributed by atoms with Gasteiger partial charge in [-0.15, -0.1) is 13.2 Å². The van der Waals surface area contributed by atoms with Gasteiger partial charge >= 0.3 is 11.9 Å². The van der Waals surface area contributed by atoms with Gasteiger partial charge in [0.15, 0.2) is 12.8 Å². The maximum atomic E-state index is 13.4. The molecule has 2 aliphatic heterocycles. The molecule has 1 saturated heterocycles. The number of rotatable bonds is 10. The van der Waals surface area contributed by atoms with Crippen LogP contribution in [0.15, 0.2) is 58.1 Å². The molecular weight excluding hydrogens is 737 g/mol. The minimum absolute atomic E-state index is 0.191. The van der Waals surface area contributed by atoms with Crippen LogP contribution < -0.4 is 25.5 Å². The van der Waals surface area contributed by atoms with E-state index in [9.17, 15) is 22.8 Å². The van der Waals surface area contributed by atoms with Crippen LogP contribution >= 0.6 is 0 Å². The molecule has 2 aliphatic rings. The fourth-order valence-electron chi connectivity index (χ4n) is 7.08. The Labute approximate surface area is 316 Å². The third kappa shape index (κ3) is 7.46. The highest BCUT2D eigenvalue weighted by molar-refractivity contribution is 5.94. The molecule has 6 heterocycles. The molecule has 0 aliphatic carbocycles. The summed E-state index contributed by atoms with van der Waals surface area (Å²) in [6.45, 7) is 6.84. The predicted octanol–water partition coefficient (Wildman–Crippen LogP) is 4.15. The number of aromatic nitrogens is 8. The third-order valence-corrected chi connectivity index (χ3v) is 9.70. The SMILES string of the molecule is CCn1nc(-c2n[nH]c3ccc(OC(C)CC4CN(c5cc(-c6n[nH]c7ccc(OC(F)(F)F)cc67)nn(C)c5=O)CCO4)cc23)cc([N+]2=CCOCC2)c1=O. The van der Waals surface area contributed by atoms with Crippen LogP contribution in [0.3, 0.4) is 0 Å². The van der Waals surface area contributed by atoms with Gasteiger partial charge in [-0.05, 0) is 56.3 Å². The third-order valence-electron chi connectivity index (χ3n) is 9.70. The van der Waals surface area contributed by atoms with Crippen molar-refractivity contribution < 1.29 is 36.7 Å². The average molecular weight is 776 g/mol. The topological polar surface area (TPSA) is 170 Å². The second-order valence-electron chi connectivity index (χ2n) is 13.5. The molecule has 16 nitrogen and oxygen atoms in total. The lowest BCUT2D eigenvalue weighted by atomic mass is 10.1. The fourth-order valence-corrected chi connectivity index (χ4v) is 7.08. The summed E-state index contributed by atoms with van der Waals surface area (Å²) in [7, 11) is 1.51. The van der Waals surface area contributed by atoms with Crippen molar-refractivity contribution in [2.45, 2.75) is 45.4 Å². The molecule has 4 aromatic heterocycles. The maximum absolute atomic E-state index is 13.4. The molecule has 0 bridgehead atoms. The van der Waals surface area contributed by atoms with Gasteiger partial charge in [0.25, 0.3) is 11.2 Å². The number of alkyl halides is 3. The largest absolute Gasteiger partial charge is 0.573 e. The van der Waals surface area contributed by atoms with Crippen LogP contribution in [0.1, 0.15) is 20.3 Å². The first-order chi connectivity index (χ1) is 26.9. The lowest BCUT2D eigenvalue weighted by molar-refractivity contribution is -0.451. The van der Waals surface area contributed by atoms with E-state index in [1.165, 1.54) is 34.6 Å². The summed E-state index contributed by atoms with van der Waals surface area (Å²) in [5.41, 5.74) is 3.27. The van der Waals surface area contributed by atoms with Gasteiger partial charge in [-0.1, -0.05) is 0 Å². The number of aryl methyl sites for hydroxylation is 2. The Morgan fingerprint density at radius 3 is 2.32 bits per heavy atom. The molecule has 2 aromatic carbocycles. The highest BCUT2D eigenvalue weighted by Gasteiger charge is 2.32. The molecule has 0 radical (unpaired) electrons. The number of hydrogen-bond acceptors (Lipinski definition) is 11. The van der Waals surface area contributed by atoms with Gasteiger partial charge in [0, 0.05) is 49.9 Å². The van der Waals surface area contributed by atoms with E-state index in [1.807, 2.05) is 47.7 Å². The number of ether oxygens (including phenoxy) is 4. The van der Waals surface area contributed by atoms with Crippen molar-refractivity contribution in [3.8, 4) is 34.3 Å². The van der Waals surface area contributed by atoms with Crippen LogP contribution in [-0.2, 0) is 23.1 Å². The number of hydrogen-bond donors (Lipinski definition) is 2. The van der Waals surface area contributed by atoms with Crippen molar-refractivity contribution in [1.82, 2.24) is 40.0 Å². The molecule has 19 heteroatoms. The van der Waals surface area contributed by atoms with Crippen molar-refractivity contribution in [3.05, 3.63) is 69.2 Å². The first kappa shape index (κ1) is 36.9. The molecule has 0 saturated carbocycles. The van der Waals surface area contributed by atoms with E-state index < -0.39 is 12.1 Å². The average Bonchev–Trinajstić information content (AvgIpc) is 3.80. The first-order valence-corrected chi connectivity index (χ1v) is 18.1. The van der Waals surface area contributed by atoms with Crippen LogP contribution in [0.4, 0.5) is 24.5 Å². The minimum atomic E-state index is -4.86. The predicted molar refractivity (Wildman–Crippen MR) is 199 cm³/mol. The van der Waals surface area contributed by atoms with E-state index in [1.54, 1.807) is 12.1 Å². The van der Waals surface area contributed by atoms with Crippen LogP contribution in [0, 0.1) is 0 Å². The number of halogens is 3. The molecule has 8 rings (SSSR count). The standard InChI is InChI=1S/C37H38F3N10O6/c1-4-50-36(52)32(48-9-12-53-13-10-48)19-30(46-50)34-25-16-22(5-7-27(25)41-44-34)55-21(2)15-24-20-49(11-14-54-24)31-18-29(45-47(3)35(31)51)33-26-17-23(56-37(38,39)40)6-8-28(26)42-43-33/h5-9,16-19,21,24H,4,10-15,20H2,1-3H3,(H,41,44)(H,42,43)/q+1. The molecule has 0 amide bonds. The Morgan fingerprint density at radius 1 is 0.946 bits per heavy atom. The number of nitrogens with one attached hydrogen (secondary N) is 2. The first-order valence-electron chi connectivity index (χ1n) is 18.1. The Balaban J connectivity index is 0.996. The molecule has 2 unspecified atom stereocenters. The maximum Gasteiger partial charge on any atom is 0.573 e. The number of nitrogens with zero attached hydrogens (tertiary/aromatic N) is 8. The van der Waals surface area contributed by atoms with E-state index in [2.05, 4.69) is 35.3 Å². The van der Waals surface area contributed by atoms with Gasteiger partial charge < -0.3 is 23.8 Å². The highest BCUT2D eigenvalue weighted by atomic mass is 19.4. The van der Waals surface area contributed by atoms with Gasteiger partial charge in [0.2, 0.25) is 0 Å². The van der Waals surface area contributed by atoms with E-state index in [0.717, 1.165) is 10.9 Å². The van der Waals surface area contributed by atoms with Gasteiger partial charge in [0.1, 0.15) is 53.2 Å². The van der Waals surface area contributed by atoms with Gasteiger partial charge in [-0.25, -0.2) is 9.36 Å². The number of morpholine rings is 1. The van der Waals surface area contributed by atoms with Crippen LogP contribution in [0.25, 0.3) is 44.6 Å². The molecule has 56 heavy (non-hydrogen) atoms. The second-order valence-corrected chi connectivity index (χ2v) is 13.5. The highest BCUT2D eigenvalue weighted by Crippen LogP contribution is 2.33. The zero-order valence-electron chi connectivity index (χ0n) is 30.7. The molecule has 2 atom stereocenters. The lowest BCUT2D eigenvalue weighted by Crippen LogP contribution is -2.46. The summed E-state index contributed by atoms with van der Waals surface area (Å²) in [5.74, 6) is 0.206. The monoisotopic (exact) mass is 775 g/mol. The summed E-state index contributed by atoms with van der Waals surface area (Å²) >= 11 is 0. The quantitative estimate of drug-likeness (QED) is 0.192. The summed E-state index contributed by atoms with van der Waals surface area (Å²) in [4.78, 5) is 28.5. The Kier molecular flexibility index (Phi) is 9.79. The van der Waals surface area contributed by atoms with E-state index in [4.69, 9.17) is 14.2 Å². The van der Waals surface area contributed by atoms with Crippen molar-refractivity contribution in [2.75, 3.05) is 44.4 Å². The zero-order valence-corrected chi connectivity index (χ0v) is 30.7. The van der Waals surface area contributed by atoms with Gasteiger partial charge in [-0.2, -0.15) is 25.0 Å². The number of H-pyrrole nitrogens is 2. The van der Waals surface area contributed by atoms with Crippen LogP contribution in [0.5, 0.6) is 11.5 Å². The van der Waals surface area contributed by atoms with Crippen molar-refractivity contribution in [2.24, 2.45) is 7.05 Å². The summed E-state index contributed by atoms with van der Waals surface area (Å²) in [6, 6.07) is 12.8. The number of aromatic amines is 2. The van der Waals surface area contributed by atoms with Crippen molar-refractivity contribution >= 4 is 39.4 Å². The Morgan fingerprint density at radius 2 is 1.64 bits per heavy atom. The number of anilines is 1. The second kappa shape index (κ2) is 14.9. The van der Waals surface area contributed by atoms with Crippen molar-refractivity contribution in [3.63, 3.8) is 0 Å². The van der Waals surface area contributed by atoms with Gasteiger partial charge in [-0.3, -0.25) is 19.8 Å². The lowest BCUT2D eigenvalue weighted by Gasteiger charge is -2.35.